The minimum Gasteiger partial charge on any atom is -0.268 e. The molecule has 0 fully saturated rings. The molecule has 0 aliphatic heterocycles. The Balaban J connectivity index is 2.28. The third kappa shape index (κ3) is 1.77. The van der Waals surface area contributed by atoms with E-state index >= 15 is 0 Å². The Bertz CT molecular complexity index is 470. The number of benzene rings is 1. The summed E-state index contributed by atoms with van der Waals surface area (Å²) in [7, 11) is 0. The molecule has 72 valence electrons. The van der Waals surface area contributed by atoms with Crippen molar-refractivity contribution in [2.75, 3.05) is 0 Å². The van der Waals surface area contributed by atoms with Crippen molar-refractivity contribution in [3.8, 4) is 0 Å². The molecule has 2 aromatic rings. The zero-order chi connectivity index (χ0) is 9.97. The molecule has 0 saturated carbocycles. The summed E-state index contributed by atoms with van der Waals surface area (Å²) in [6.07, 6.45) is 0. The zero-order valence-corrected chi connectivity index (χ0v) is 8.75. The maximum absolute atomic E-state index is 11.5. The van der Waals surface area contributed by atoms with Crippen LogP contribution in [0.5, 0.6) is 0 Å². The van der Waals surface area contributed by atoms with Gasteiger partial charge in [-0.1, -0.05) is 41.9 Å². The van der Waals surface area contributed by atoms with Crippen molar-refractivity contribution >= 4 is 11.5 Å². The molecule has 1 aromatic heterocycles. The van der Waals surface area contributed by atoms with Crippen molar-refractivity contribution in [2.45, 2.75) is 13.5 Å². The first-order valence-electron chi connectivity index (χ1n) is 4.47. The lowest BCUT2D eigenvalue weighted by Gasteiger charge is -1.99. The molecule has 1 aromatic carbocycles. The van der Waals surface area contributed by atoms with Gasteiger partial charge >= 0.3 is 0 Å². The van der Waals surface area contributed by atoms with Gasteiger partial charge < -0.3 is 0 Å². The summed E-state index contributed by atoms with van der Waals surface area (Å²) in [5.74, 6) is 0. The second-order valence-electron chi connectivity index (χ2n) is 3.23. The predicted molar refractivity (Wildman–Crippen MR) is 58.9 cm³/mol. The van der Waals surface area contributed by atoms with Crippen LogP contribution in [0.1, 0.15) is 11.1 Å². The molecular formula is C11H11NOS. The average Bonchev–Trinajstić information content (AvgIpc) is 2.52. The highest BCUT2D eigenvalue weighted by atomic mass is 32.1. The standard InChI is InChI=1S/C11H11NOS/c1-9-8-14-12(11(9)13)7-10-5-3-2-4-6-10/h2-6,8H,7H2,1H3. The summed E-state index contributed by atoms with van der Waals surface area (Å²) < 4.78 is 1.77. The first-order valence-corrected chi connectivity index (χ1v) is 5.30. The number of aryl methyl sites for hydroxylation is 1. The fraction of sp³-hybridized carbons (Fsp3) is 0.182. The van der Waals surface area contributed by atoms with Gasteiger partial charge in [-0.25, -0.2) is 0 Å². The fourth-order valence-electron chi connectivity index (χ4n) is 1.30. The monoisotopic (exact) mass is 205 g/mol. The summed E-state index contributed by atoms with van der Waals surface area (Å²) in [6, 6.07) is 10.0. The Hall–Kier alpha value is -1.35. The molecule has 0 aliphatic carbocycles. The third-order valence-electron chi connectivity index (χ3n) is 2.09. The molecule has 0 aliphatic rings. The summed E-state index contributed by atoms with van der Waals surface area (Å²) in [5, 5.41) is 1.89. The van der Waals surface area contributed by atoms with Crippen LogP contribution in [0.4, 0.5) is 0 Å². The topological polar surface area (TPSA) is 22.0 Å². The minimum absolute atomic E-state index is 0.124. The molecule has 1 heterocycles. The van der Waals surface area contributed by atoms with Gasteiger partial charge in [-0.15, -0.1) is 0 Å². The summed E-state index contributed by atoms with van der Waals surface area (Å²) in [6.45, 7) is 2.53. The van der Waals surface area contributed by atoms with Crippen LogP contribution in [0.2, 0.25) is 0 Å². The van der Waals surface area contributed by atoms with Crippen LogP contribution in [0.25, 0.3) is 0 Å². The lowest BCUT2D eigenvalue weighted by atomic mass is 10.2. The molecule has 0 amide bonds. The minimum atomic E-state index is 0.124. The van der Waals surface area contributed by atoms with E-state index in [1.165, 1.54) is 11.5 Å². The van der Waals surface area contributed by atoms with Gasteiger partial charge in [0.15, 0.2) is 0 Å². The normalized spacial score (nSPS) is 10.4. The van der Waals surface area contributed by atoms with Gasteiger partial charge in [0.25, 0.3) is 5.56 Å². The smallest absolute Gasteiger partial charge is 0.263 e. The number of hydrogen-bond acceptors (Lipinski definition) is 2. The Morgan fingerprint density at radius 1 is 1.29 bits per heavy atom. The SMILES string of the molecule is Cc1csn(Cc2ccccc2)c1=O. The Morgan fingerprint density at radius 3 is 2.57 bits per heavy atom. The van der Waals surface area contributed by atoms with Crippen LogP contribution in [0.3, 0.4) is 0 Å². The number of aromatic nitrogens is 1. The maximum Gasteiger partial charge on any atom is 0.263 e. The largest absolute Gasteiger partial charge is 0.268 e. The highest BCUT2D eigenvalue weighted by Gasteiger charge is 2.01. The molecule has 0 bridgehead atoms. The summed E-state index contributed by atoms with van der Waals surface area (Å²) >= 11 is 1.48. The first kappa shape index (κ1) is 9.21. The van der Waals surface area contributed by atoms with Crippen LogP contribution in [0.15, 0.2) is 40.5 Å². The maximum atomic E-state index is 11.5. The van der Waals surface area contributed by atoms with Crippen LogP contribution in [0, 0.1) is 6.92 Å². The molecule has 0 atom stereocenters. The van der Waals surface area contributed by atoms with Crippen LogP contribution in [-0.4, -0.2) is 3.96 Å². The molecule has 2 nitrogen and oxygen atoms in total. The lowest BCUT2D eigenvalue weighted by Crippen LogP contribution is -2.15. The molecule has 0 saturated heterocycles. The van der Waals surface area contributed by atoms with Crippen molar-refractivity contribution in [2.24, 2.45) is 0 Å². The van der Waals surface area contributed by atoms with Gasteiger partial charge in [-0.2, -0.15) is 0 Å². The molecule has 0 radical (unpaired) electrons. The first-order chi connectivity index (χ1) is 6.77. The van der Waals surface area contributed by atoms with Gasteiger partial charge in [0, 0.05) is 10.9 Å². The Morgan fingerprint density at radius 2 is 2.00 bits per heavy atom. The number of rotatable bonds is 2. The van der Waals surface area contributed by atoms with E-state index in [9.17, 15) is 4.79 Å². The second-order valence-corrected chi connectivity index (χ2v) is 4.12. The lowest BCUT2D eigenvalue weighted by molar-refractivity contribution is 0.844. The summed E-state index contributed by atoms with van der Waals surface area (Å²) in [5.41, 5.74) is 2.11. The van der Waals surface area contributed by atoms with Crippen molar-refractivity contribution in [1.29, 1.82) is 0 Å². The van der Waals surface area contributed by atoms with E-state index in [-0.39, 0.29) is 5.56 Å². The van der Waals surface area contributed by atoms with Gasteiger partial charge in [-0.3, -0.25) is 8.75 Å². The van der Waals surface area contributed by atoms with E-state index in [1.807, 2.05) is 42.6 Å². The summed E-state index contributed by atoms with van der Waals surface area (Å²) in [4.78, 5) is 11.5. The van der Waals surface area contributed by atoms with Gasteiger partial charge in [0.1, 0.15) is 0 Å². The van der Waals surface area contributed by atoms with Crippen molar-refractivity contribution in [1.82, 2.24) is 3.96 Å². The van der Waals surface area contributed by atoms with Crippen molar-refractivity contribution < 1.29 is 0 Å². The quantitative estimate of drug-likeness (QED) is 0.737. The van der Waals surface area contributed by atoms with Gasteiger partial charge in [0.2, 0.25) is 0 Å². The Kier molecular flexibility index (Phi) is 2.50. The Labute approximate surface area is 86.6 Å². The molecule has 14 heavy (non-hydrogen) atoms. The number of nitrogens with zero attached hydrogens (tertiary/aromatic N) is 1. The van der Waals surface area contributed by atoms with E-state index in [0.717, 1.165) is 11.1 Å². The average molecular weight is 205 g/mol. The van der Waals surface area contributed by atoms with Crippen molar-refractivity contribution in [3.63, 3.8) is 0 Å². The van der Waals surface area contributed by atoms with Crippen LogP contribution < -0.4 is 5.56 Å². The van der Waals surface area contributed by atoms with E-state index in [4.69, 9.17) is 0 Å². The van der Waals surface area contributed by atoms with Gasteiger partial charge in [-0.05, 0) is 12.5 Å². The van der Waals surface area contributed by atoms with E-state index in [0.29, 0.717) is 6.54 Å². The van der Waals surface area contributed by atoms with Crippen LogP contribution >= 0.6 is 11.5 Å². The van der Waals surface area contributed by atoms with Crippen molar-refractivity contribution in [3.05, 3.63) is 57.2 Å². The van der Waals surface area contributed by atoms with Gasteiger partial charge in [0.05, 0.1) is 6.54 Å². The molecule has 3 heteroatoms. The predicted octanol–water partition coefficient (Wildman–Crippen LogP) is 2.27. The highest BCUT2D eigenvalue weighted by molar-refractivity contribution is 7.04. The molecule has 2 rings (SSSR count). The van der Waals surface area contributed by atoms with E-state index < -0.39 is 0 Å². The third-order valence-corrected chi connectivity index (χ3v) is 3.10. The van der Waals surface area contributed by atoms with E-state index in [2.05, 4.69) is 0 Å². The number of hydrogen-bond donors (Lipinski definition) is 0. The fourth-order valence-corrected chi connectivity index (χ4v) is 2.15. The molecule has 0 unspecified atom stereocenters. The molecule has 0 spiro atoms. The molecule has 0 N–H and O–H groups in total. The molecular weight excluding hydrogens is 194 g/mol. The van der Waals surface area contributed by atoms with E-state index in [1.54, 1.807) is 3.96 Å². The second kappa shape index (κ2) is 3.80. The highest BCUT2D eigenvalue weighted by Crippen LogP contribution is 2.05. The van der Waals surface area contributed by atoms with Crippen LogP contribution in [-0.2, 0) is 6.54 Å². The zero-order valence-electron chi connectivity index (χ0n) is 7.93.